The number of ether oxygens (including phenoxy) is 1. The lowest BCUT2D eigenvalue weighted by atomic mass is 10.1. The maximum absolute atomic E-state index is 12.7. The fourth-order valence-corrected chi connectivity index (χ4v) is 2.62. The fraction of sp³-hybridized carbons (Fsp3) is 0.250. The Morgan fingerprint density at radius 3 is 2.71 bits per heavy atom. The quantitative estimate of drug-likeness (QED) is 0.636. The molecule has 4 nitrogen and oxygen atoms in total. The Morgan fingerprint density at radius 2 is 1.96 bits per heavy atom. The molecule has 0 aliphatic heterocycles. The first-order valence-corrected chi connectivity index (χ1v) is 8.21. The van der Waals surface area contributed by atoms with Gasteiger partial charge in [-0.05, 0) is 43.7 Å². The van der Waals surface area contributed by atoms with Crippen LogP contribution in [0.15, 0.2) is 52.9 Å². The summed E-state index contributed by atoms with van der Waals surface area (Å²) in [4.78, 5) is 12.7. The Kier molecular flexibility index (Phi) is 4.85. The summed E-state index contributed by atoms with van der Waals surface area (Å²) >= 11 is 0. The lowest BCUT2D eigenvalue weighted by Gasteiger charge is -2.06. The van der Waals surface area contributed by atoms with Gasteiger partial charge < -0.3 is 14.5 Å². The summed E-state index contributed by atoms with van der Waals surface area (Å²) in [6.07, 6.45) is 2.08. The molecule has 1 amide bonds. The van der Waals surface area contributed by atoms with Gasteiger partial charge in [0.2, 0.25) is 0 Å². The van der Waals surface area contributed by atoms with E-state index in [1.807, 2.05) is 48.5 Å². The predicted octanol–water partition coefficient (Wildman–Crippen LogP) is 5.17. The van der Waals surface area contributed by atoms with E-state index in [-0.39, 0.29) is 5.91 Å². The summed E-state index contributed by atoms with van der Waals surface area (Å²) < 4.78 is 11.5. The molecular formula is C20H21NO3. The molecule has 0 atom stereocenters. The van der Waals surface area contributed by atoms with Crippen LogP contribution in [0.1, 0.15) is 35.9 Å². The van der Waals surface area contributed by atoms with E-state index in [9.17, 15) is 4.79 Å². The van der Waals surface area contributed by atoms with Gasteiger partial charge in [-0.15, -0.1) is 0 Å². The zero-order chi connectivity index (χ0) is 16.9. The molecule has 3 aromatic rings. The second-order valence-electron chi connectivity index (χ2n) is 5.71. The molecule has 24 heavy (non-hydrogen) atoms. The van der Waals surface area contributed by atoms with Crippen LogP contribution in [0.2, 0.25) is 0 Å². The van der Waals surface area contributed by atoms with Crippen LogP contribution in [0.3, 0.4) is 0 Å². The van der Waals surface area contributed by atoms with Crippen molar-refractivity contribution in [3.63, 3.8) is 0 Å². The number of nitrogens with one attached hydrogen (secondary N) is 1. The Labute approximate surface area is 141 Å². The number of aryl methyl sites for hydroxylation is 1. The van der Waals surface area contributed by atoms with Crippen LogP contribution >= 0.6 is 0 Å². The largest absolute Gasteiger partial charge is 0.494 e. The van der Waals surface area contributed by atoms with Crippen molar-refractivity contribution in [3.8, 4) is 5.75 Å². The molecule has 3 rings (SSSR count). The minimum absolute atomic E-state index is 0.178. The molecule has 1 heterocycles. The fourth-order valence-electron chi connectivity index (χ4n) is 2.62. The third-order valence-corrected chi connectivity index (χ3v) is 3.86. The third-order valence-electron chi connectivity index (χ3n) is 3.86. The predicted molar refractivity (Wildman–Crippen MR) is 95.7 cm³/mol. The number of rotatable bonds is 6. The summed E-state index contributed by atoms with van der Waals surface area (Å²) in [5.41, 5.74) is 2.00. The summed E-state index contributed by atoms with van der Waals surface area (Å²) in [7, 11) is 0. The lowest BCUT2D eigenvalue weighted by Crippen LogP contribution is -2.12. The summed E-state index contributed by atoms with van der Waals surface area (Å²) in [6.45, 7) is 4.60. The minimum atomic E-state index is -0.178. The topological polar surface area (TPSA) is 51.5 Å². The van der Waals surface area contributed by atoms with Crippen LogP contribution in [0, 0.1) is 6.92 Å². The van der Waals surface area contributed by atoms with Gasteiger partial charge in [0, 0.05) is 11.1 Å². The van der Waals surface area contributed by atoms with Gasteiger partial charge in [0.25, 0.3) is 5.91 Å². The highest BCUT2D eigenvalue weighted by atomic mass is 16.5. The average Bonchev–Trinajstić information content (AvgIpc) is 2.91. The van der Waals surface area contributed by atoms with Crippen LogP contribution < -0.4 is 10.1 Å². The normalized spacial score (nSPS) is 10.8. The van der Waals surface area contributed by atoms with E-state index in [0.29, 0.717) is 23.5 Å². The van der Waals surface area contributed by atoms with Gasteiger partial charge in [-0.1, -0.05) is 31.5 Å². The van der Waals surface area contributed by atoms with Crippen molar-refractivity contribution in [2.75, 3.05) is 11.9 Å². The molecule has 1 N–H and O–H groups in total. The number of amides is 1. The minimum Gasteiger partial charge on any atom is -0.494 e. The number of anilines is 1. The highest BCUT2D eigenvalue weighted by Gasteiger charge is 2.19. The van der Waals surface area contributed by atoms with E-state index in [1.54, 1.807) is 6.92 Å². The van der Waals surface area contributed by atoms with Crippen molar-refractivity contribution >= 4 is 22.6 Å². The first kappa shape index (κ1) is 16.1. The zero-order valence-corrected chi connectivity index (χ0v) is 14.0. The van der Waals surface area contributed by atoms with Gasteiger partial charge in [0.15, 0.2) is 0 Å². The molecule has 0 saturated heterocycles. The lowest BCUT2D eigenvalue weighted by molar-refractivity contribution is 0.102. The smallest absolute Gasteiger partial charge is 0.259 e. The van der Waals surface area contributed by atoms with Crippen LogP contribution in [0.4, 0.5) is 5.69 Å². The van der Waals surface area contributed by atoms with Gasteiger partial charge in [-0.2, -0.15) is 0 Å². The Hall–Kier alpha value is -2.75. The van der Waals surface area contributed by atoms with Crippen molar-refractivity contribution in [1.82, 2.24) is 0 Å². The number of unbranched alkanes of at least 4 members (excludes halogenated alkanes) is 1. The average molecular weight is 323 g/mol. The van der Waals surface area contributed by atoms with E-state index in [4.69, 9.17) is 9.15 Å². The second-order valence-corrected chi connectivity index (χ2v) is 5.71. The van der Waals surface area contributed by atoms with E-state index < -0.39 is 0 Å². The molecule has 0 spiro atoms. The Morgan fingerprint density at radius 1 is 1.17 bits per heavy atom. The first-order valence-electron chi connectivity index (χ1n) is 8.21. The van der Waals surface area contributed by atoms with E-state index in [2.05, 4.69) is 12.2 Å². The van der Waals surface area contributed by atoms with Crippen molar-refractivity contribution in [1.29, 1.82) is 0 Å². The number of hydrogen-bond acceptors (Lipinski definition) is 3. The van der Waals surface area contributed by atoms with E-state index in [1.165, 1.54) is 0 Å². The number of fused-ring (bicyclic) bond motifs is 1. The van der Waals surface area contributed by atoms with E-state index in [0.717, 1.165) is 29.7 Å². The molecule has 2 aromatic carbocycles. The second kappa shape index (κ2) is 7.21. The summed E-state index contributed by atoms with van der Waals surface area (Å²) in [5.74, 6) is 1.18. The molecule has 124 valence electrons. The van der Waals surface area contributed by atoms with Gasteiger partial charge >= 0.3 is 0 Å². The molecule has 1 aromatic heterocycles. The maximum atomic E-state index is 12.7. The van der Waals surface area contributed by atoms with Gasteiger partial charge in [-0.3, -0.25) is 4.79 Å². The molecule has 0 aliphatic rings. The highest BCUT2D eigenvalue weighted by Crippen LogP contribution is 2.29. The van der Waals surface area contributed by atoms with Gasteiger partial charge in [0.05, 0.1) is 12.2 Å². The molecular weight excluding hydrogens is 302 g/mol. The van der Waals surface area contributed by atoms with Crippen LogP contribution in [-0.2, 0) is 0 Å². The summed E-state index contributed by atoms with van der Waals surface area (Å²) in [5, 5.41) is 3.68. The number of benzene rings is 2. The number of para-hydroxylation sites is 1. The third kappa shape index (κ3) is 3.43. The van der Waals surface area contributed by atoms with Gasteiger partial charge in [0.1, 0.15) is 17.1 Å². The molecule has 0 radical (unpaired) electrons. The molecule has 4 heteroatoms. The molecule has 0 fully saturated rings. The Bertz CT molecular complexity index is 837. The van der Waals surface area contributed by atoms with Crippen molar-refractivity contribution < 1.29 is 13.9 Å². The molecule has 0 saturated carbocycles. The number of furan rings is 1. The zero-order valence-electron chi connectivity index (χ0n) is 14.0. The SMILES string of the molecule is CCCCOc1ccc2oc(C)c(C(=O)Nc3ccccc3)c2c1. The Balaban J connectivity index is 1.89. The van der Waals surface area contributed by atoms with Gasteiger partial charge in [-0.25, -0.2) is 0 Å². The highest BCUT2D eigenvalue weighted by molar-refractivity contribution is 6.13. The first-order chi connectivity index (χ1) is 11.7. The number of hydrogen-bond donors (Lipinski definition) is 1. The number of carbonyl (C=O) groups excluding carboxylic acids is 1. The van der Waals surface area contributed by atoms with Crippen LogP contribution in [-0.4, -0.2) is 12.5 Å². The molecule has 0 bridgehead atoms. The number of carbonyl (C=O) groups is 1. The van der Waals surface area contributed by atoms with Crippen molar-refractivity contribution in [3.05, 3.63) is 59.9 Å². The molecule has 0 aliphatic carbocycles. The standard InChI is InChI=1S/C20H21NO3/c1-3-4-12-23-16-10-11-18-17(13-16)19(14(2)24-18)20(22)21-15-8-6-5-7-9-15/h5-11,13H,3-4,12H2,1-2H3,(H,21,22). The molecule has 0 unspecified atom stereocenters. The van der Waals surface area contributed by atoms with Crippen LogP contribution in [0.25, 0.3) is 11.0 Å². The summed E-state index contributed by atoms with van der Waals surface area (Å²) in [6, 6.07) is 15.0. The van der Waals surface area contributed by atoms with Crippen LogP contribution in [0.5, 0.6) is 5.75 Å². The monoisotopic (exact) mass is 323 g/mol. The van der Waals surface area contributed by atoms with Crippen molar-refractivity contribution in [2.24, 2.45) is 0 Å². The van der Waals surface area contributed by atoms with Crippen molar-refractivity contribution in [2.45, 2.75) is 26.7 Å². The van der Waals surface area contributed by atoms with E-state index >= 15 is 0 Å². The maximum Gasteiger partial charge on any atom is 0.259 e.